The summed E-state index contributed by atoms with van der Waals surface area (Å²) in [6.45, 7) is 3.25. The Morgan fingerprint density at radius 3 is 2.76 bits per heavy atom. The third-order valence-electron chi connectivity index (χ3n) is 4.92. The minimum absolute atomic E-state index is 0.303. The molecule has 2 aliphatic heterocycles. The van der Waals surface area contributed by atoms with Crippen molar-refractivity contribution in [3.05, 3.63) is 0 Å². The smallest absolute Gasteiger partial charge is 0.0871 e. The molecule has 4 nitrogen and oxygen atoms in total. The number of fused-ring (bicyclic) bond motifs is 1. The van der Waals surface area contributed by atoms with Crippen molar-refractivity contribution in [1.29, 1.82) is 0 Å². The van der Waals surface area contributed by atoms with Crippen LogP contribution < -0.4 is 11.3 Å². The Bertz CT molecular complexity index is 255. The van der Waals surface area contributed by atoms with Crippen LogP contribution in [0.3, 0.4) is 0 Å². The highest BCUT2D eigenvalue weighted by atomic mass is 16.5. The molecular weight excluding hydrogens is 214 g/mol. The molecule has 3 fully saturated rings. The molecule has 98 valence electrons. The SMILES string of the molecule is NNC(C1CCCC1)C1CN2CCCC2CO1. The maximum atomic E-state index is 6.07. The molecule has 17 heavy (non-hydrogen) atoms. The molecule has 1 saturated carbocycles. The minimum Gasteiger partial charge on any atom is -0.374 e. The molecule has 0 aromatic carbocycles. The van der Waals surface area contributed by atoms with Gasteiger partial charge in [0, 0.05) is 12.6 Å². The Balaban J connectivity index is 1.62. The van der Waals surface area contributed by atoms with E-state index in [2.05, 4.69) is 10.3 Å². The molecule has 0 amide bonds. The monoisotopic (exact) mass is 239 g/mol. The van der Waals surface area contributed by atoms with Gasteiger partial charge in [-0.1, -0.05) is 12.8 Å². The molecule has 2 heterocycles. The molecule has 0 bridgehead atoms. The van der Waals surface area contributed by atoms with Crippen molar-refractivity contribution in [2.75, 3.05) is 19.7 Å². The van der Waals surface area contributed by atoms with Gasteiger partial charge in [0.1, 0.15) is 0 Å². The number of hydrogen-bond donors (Lipinski definition) is 2. The third kappa shape index (κ3) is 2.36. The maximum absolute atomic E-state index is 6.07. The average molecular weight is 239 g/mol. The van der Waals surface area contributed by atoms with E-state index in [-0.39, 0.29) is 0 Å². The normalized spacial score (nSPS) is 37.2. The zero-order valence-corrected chi connectivity index (χ0v) is 10.6. The summed E-state index contributed by atoms with van der Waals surface area (Å²) in [7, 11) is 0. The van der Waals surface area contributed by atoms with E-state index in [9.17, 15) is 0 Å². The van der Waals surface area contributed by atoms with E-state index in [4.69, 9.17) is 10.6 Å². The summed E-state index contributed by atoms with van der Waals surface area (Å²) in [5.41, 5.74) is 3.04. The zero-order valence-electron chi connectivity index (χ0n) is 10.6. The van der Waals surface area contributed by atoms with E-state index in [1.165, 1.54) is 45.1 Å². The van der Waals surface area contributed by atoms with Crippen LogP contribution in [-0.2, 0) is 4.74 Å². The largest absolute Gasteiger partial charge is 0.374 e. The van der Waals surface area contributed by atoms with Gasteiger partial charge in [-0.3, -0.25) is 16.2 Å². The van der Waals surface area contributed by atoms with Crippen LogP contribution in [0.25, 0.3) is 0 Å². The average Bonchev–Trinajstić information content (AvgIpc) is 2.99. The van der Waals surface area contributed by atoms with Crippen LogP contribution in [0.5, 0.6) is 0 Å². The number of nitrogens with one attached hydrogen (secondary N) is 1. The highest BCUT2D eigenvalue weighted by Gasteiger charge is 2.38. The molecule has 3 aliphatic rings. The zero-order chi connectivity index (χ0) is 11.7. The number of nitrogens with zero attached hydrogens (tertiary/aromatic N) is 1. The Morgan fingerprint density at radius 1 is 1.18 bits per heavy atom. The predicted octanol–water partition coefficient (Wildman–Crippen LogP) is 0.872. The minimum atomic E-state index is 0.303. The first kappa shape index (κ1) is 11.9. The lowest BCUT2D eigenvalue weighted by Gasteiger charge is -2.40. The lowest BCUT2D eigenvalue weighted by molar-refractivity contribution is -0.0731. The lowest BCUT2D eigenvalue weighted by Crippen LogP contribution is -2.57. The fourth-order valence-electron chi connectivity index (χ4n) is 3.92. The molecule has 0 aromatic heterocycles. The van der Waals surface area contributed by atoms with E-state index in [1.54, 1.807) is 0 Å². The molecule has 4 heteroatoms. The summed E-state index contributed by atoms with van der Waals surface area (Å²) >= 11 is 0. The summed E-state index contributed by atoms with van der Waals surface area (Å²) in [5.74, 6) is 6.50. The second-order valence-electron chi connectivity index (χ2n) is 5.90. The van der Waals surface area contributed by atoms with Gasteiger partial charge in [0.05, 0.1) is 18.8 Å². The van der Waals surface area contributed by atoms with Crippen LogP contribution in [0.15, 0.2) is 0 Å². The molecular formula is C13H25N3O. The van der Waals surface area contributed by atoms with Crippen LogP contribution in [0.4, 0.5) is 0 Å². The van der Waals surface area contributed by atoms with E-state index in [0.717, 1.165) is 19.1 Å². The number of ether oxygens (including phenoxy) is 1. The Labute approximate surface area is 104 Å². The molecule has 3 unspecified atom stereocenters. The molecule has 0 spiro atoms. The van der Waals surface area contributed by atoms with Gasteiger partial charge in [0.2, 0.25) is 0 Å². The van der Waals surface area contributed by atoms with Crippen molar-refractivity contribution in [1.82, 2.24) is 10.3 Å². The highest BCUT2D eigenvalue weighted by Crippen LogP contribution is 2.32. The lowest BCUT2D eigenvalue weighted by atomic mass is 9.92. The van der Waals surface area contributed by atoms with Gasteiger partial charge in [-0.15, -0.1) is 0 Å². The van der Waals surface area contributed by atoms with E-state index >= 15 is 0 Å². The quantitative estimate of drug-likeness (QED) is 0.567. The van der Waals surface area contributed by atoms with Gasteiger partial charge in [0.15, 0.2) is 0 Å². The van der Waals surface area contributed by atoms with Crippen molar-refractivity contribution in [2.24, 2.45) is 11.8 Å². The van der Waals surface area contributed by atoms with Gasteiger partial charge in [-0.25, -0.2) is 0 Å². The molecule has 3 N–H and O–H groups in total. The van der Waals surface area contributed by atoms with Crippen molar-refractivity contribution in [2.45, 2.75) is 56.7 Å². The summed E-state index contributed by atoms with van der Waals surface area (Å²) in [6.07, 6.45) is 8.32. The van der Waals surface area contributed by atoms with E-state index in [1.807, 2.05) is 0 Å². The van der Waals surface area contributed by atoms with Gasteiger partial charge in [-0.05, 0) is 38.1 Å². The predicted molar refractivity (Wildman–Crippen MR) is 67.4 cm³/mol. The summed E-state index contributed by atoms with van der Waals surface area (Å²) < 4.78 is 6.07. The number of nitrogens with two attached hydrogens (primary N) is 1. The summed E-state index contributed by atoms with van der Waals surface area (Å²) in [4.78, 5) is 2.60. The van der Waals surface area contributed by atoms with Crippen LogP contribution in [0.1, 0.15) is 38.5 Å². The van der Waals surface area contributed by atoms with Crippen molar-refractivity contribution >= 4 is 0 Å². The third-order valence-corrected chi connectivity index (χ3v) is 4.92. The van der Waals surface area contributed by atoms with Gasteiger partial charge < -0.3 is 4.74 Å². The van der Waals surface area contributed by atoms with E-state index in [0.29, 0.717) is 18.2 Å². The topological polar surface area (TPSA) is 50.5 Å². The first-order chi connectivity index (χ1) is 8.38. The standard InChI is InChI=1S/C13H25N3O/c14-15-13(10-4-1-2-5-10)12-8-16-7-3-6-11(16)9-17-12/h10-13,15H,1-9,14H2. The Morgan fingerprint density at radius 2 is 2.00 bits per heavy atom. The van der Waals surface area contributed by atoms with Crippen LogP contribution in [0, 0.1) is 5.92 Å². The highest BCUT2D eigenvalue weighted by molar-refractivity contribution is 4.93. The molecule has 0 aromatic rings. The first-order valence-electron chi connectivity index (χ1n) is 7.20. The molecule has 0 radical (unpaired) electrons. The van der Waals surface area contributed by atoms with Crippen molar-refractivity contribution in [3.63, 3.8) is 0 Å². The molecule has 2 saturated heterocycles. The summed E-state index contributed by atoms with van der Waals surface area (Å²) in [6, 6.07) is 1.05. The van der Waals surface area contributed by atoms with E-state index < -0.39 is 0 Å². The second kappa shape index (κ2) is 5.22. The first-order valence-corrected chi connectivity index (χ1v) is 7.20. The van der Waals surface area contributed by atoms with Crippen molar-refractivity contribution < 1.29 is 4.74 Å². The number of morpholine rings is 1. The van der Waals surface area contributed by atoms with Crippen LogP contribution in [-0.4, -0.2) is 42.8 Å². The maximum Gasteiger partial charge on any atom is 0.0871 e. The van der Waals surface area contributed by atoms with Crippen LogP contribution in [0.2, 0.25) is 0 Å². The van der Waals surface area contributed by atoms with Crippen molar-refractivity contribution in [3.8, 4) is 0 Å². The molecule has 3 atom stereocenters. The molecule has 3 rings (SSSR count). The van der Waals surface area contributed by atoms with Gasteiger partial charge in [-0.2, -0.15) is 0 Å². The number of hydrazine groups is 1. The Kier molecular flexibility index (Phi) is 3.66. The van der Waals surface area contributed by atoms with Gasteiger partial charge in [0.25, 0.3) is 0 Å². The fourth-order valence-corrected chi connectivity index (χ4v) is 3.92. The van der Waals surface area contributed by atoms with Crippen LogP contribution >= 0.6 is 0 Å². The fraction of sp³-hybridized carbons (Fsp3) is 1.00. The van der Waals surface area contributed by atoms with Gasteiger partial charge >= 0.3 is 0 Å². The number of hydrogen-bond acceptors (Lipinski definition) is 4. The Hall–Kier alpha value is -0.160. The second-order valence-corrected chi connectivity index (χ2v) is 5.90. The molecule has 1 aliphatic carbocycles. The number of rotatable bonds is 3. The summed E-state index contributed by atoms with van der Waals surface area (Å²) in [5, 5.41) is 0.